The number of halogens is 2. The Kier molecular flexibility index (Phi) is 6.78. The highest BCUT2D eigenvalue weighted by molar-refractivity contribution is 7.90. The van der Waals surface area contributed by atoms with Crippen LogP contribution in [0.3, 0.4) is 0 Å². The summed E-state index contributed by atoms with van der Waals surface area (Å²) in [5.74, 6) is -1.90. The molecule has 0 aliphatic carbocycles. The van der Waals surface area contributed by atoms with E-state index < -0.39 is 27.8 Å². The number of carbonyl (C=O) groups excluding carboxylic acids is 1. The van der Waals surface area contributed by atoms with E-state index in [2.05, 4.69) is 19.7 Å². The monoisotopic (exact) mass is 448 g/mol. The summed E-state index contributed by atoms with van der Waals surface area (Å²) in [5, 5.41) is 2.56. The fourth-order valence-corrected chi connectivity index (χ4v) is 3.38. The minimum atomic E-state index is -3.73. The molecule has 2 aromatic carbocycles. The molecule has 0 aliphatic rings. The van der Waals surface area contributed by atoms with Crippen molar-refractivity contribution in [1.82, 2.24) is 9.71 Å². The number of rotatable bonds is 8. The quantitative estimate of drug-likeness (QED) is 0.487. The number of anilines is 2. The summed E-state index contributed by atoms with van der Waals surface area (Å²) in [5.41, 5.74) is 0.416. The molecule has 1 amide bonds. The SMILES string of the molecule is CCNS(=O)(=O)Nc1cccc(C(=O)Nc2ccc(Oc3ccc(F)cc3F)cn2)c1. The topological polar surface area (TPSA) is 109 Å². The van der Waals surface area contributed by atoms with Crippen LogP contribution in [-0.2, 0) is 10.2 Å². The molecular formula is C20H18F2N4O4S. The van der Waals surface area contributed by atoms with Crippen LogP contribution < -0.4 is 19.5 Å². The molecular weight excluding hydrogens is 430 g/mol. The number of hydrogen-bond acceptors (Lipinski definition) is 5. The van der Waals surface area contributed by atoms with Crippen LogP contribution in [0.1, 0.15) is 17.3 Å². The van der Waals surface area contributed by atoms with Crippen LogP contribution >= 0.6 is 0 Å². The maximum atomic E-state index is 13.7. The fourth-order valence-electron chi connectivity index (χ4n) is 2.49. The van der Waals surface area contributed by atoms with Crippen LogP contribution in [0, 0.1) is 11.6 Å². The van der Waals surface area contributed by atoms with Crippen molar-refractivity contribution >= 4 is 27.6 Å². The van der Waals surface area contributed by atoms with Crippen LogP contribution in [-0.4, -0.2) is 25.9 Å². The van der Waals surface area contributed by atoms with Crippen LogP contribution in [0.2, 0.25) is 0 Å². The Morgan fingerprint density at radius 1 is 1.10 bits per heavy atom. The van der Waals surface area contributed by atoms with Gasteiger partial charge in [-0.1, -0.05) is 13.0 Å². The maximum absolute atomic E-state index is 13.7. The second-order valence-corrected chi connectivity index (χ2v) is 7.69. The smallest absolute Gasteiger partial charge is 0.299 e. The van der Waals surface area contributed by atoms with Crippen molar-refractivity contribution in [3.05, 3.63) is 78.0 Å². The lowest BCUT2D eigenvalue weighted by Gasteiger charge is -2.10. The van der Waals surface area contributed by atoms with Gasteiger partial charge in [-0.25, -0.2) is 13.8 Å². The molecule has 1 aromatic heterocycles. The van der Waals surface area contributed by atoms with Gasteiger partial charge in [-0.2, -0.15) is 13.1 Å². The first kappa shape index (κ1) is 22.1. The first-order valence-corrected chi connectivity index (χ1v) is 10.5. The van der Waals surface area contributed by atoms with Gasteiger partial charge in [0.2, 0.25) is 0 Å². The summed E-state index contributed by atoms with van der Waals surface area (Å²) >= 11 is 0. The molecule has 0 saturated carbocycles. The Morgan fingerprint density at radius 2 is 1.90 bits per heavy atom. The zero-order chi connectivity index (χ0) is 22.4. The first-order valence-electron chi connectivity index (χ1n) is 9.03. The number of ether oxygens (including phenoxy) is 1. The molecule has 11 heteroatoms. The van der Waals surface area contributed by atoms with Crippen molar-refractivity contribution < 1.29 is 26.7 Å². The molecule has 0 spiro atoms. The van der Waals surface area contributed by atoms with Crippen molar-refractivity contribution in [2.75, 3.05) is 16.6 Å². The molecule has 0 radical (unpaired) electrons. The number of carbonyl (C=O) groups is 1. The van der Waals surface area contributed by atoms with Crippen molar-refractivity contribution in [2.24, 2.45) is 0 Å². The molecule has 162 valence electrons. The van der Waals surface area contributed by atoms with Gasteiger partial charge in [0, 0.05) is 18.2 Å². The predicted octanol–water partition coefficient (Wildman–Crippen LogP) is 3.67. The summed E-state index contributed by atoms with van der Waals surface area (Å²) in [4.78, 5) is 16.5. The Labute approximate surface area is 177 Å². The molecule has 3 aromatic rings. The minimum Gasteiger partial charge on any atom is -0.453 e. The van der Waals surface area contributed by atoms with Crippen LogP contribution in [0.25, 0.3) is 0 Å². The Bertz CT molecular complexity index is 1190. The average Bonchev–Trinajstić information content (AvgIpc) is 2.71. The van der Waals surface area contributed by atoms with Crippen molar-refractivity contribution in [3.63, 3.8) is 0 Å². The van der Waals surface area contributed by atoms with Crippen LogP contribution in [0.15, 0.2) is 60.8 Å². The molecule has 3 rings (SSSR count). The third-order valence-corrected chi connectivity index (χ3v) is 4.98. The number of nitrogens with zero attached hydrogens (tertiary/aromatic N) is 1. The highest BCUT2D eigenvalue weighted by Crippen LogP contribution is 2.25. The molecule has 31 heavy (non-hydrogen) atoms. The number of aromatic nitrogens is 1. The van der Waals surface area contributed by atoms with Gasteiger partial charge in [-0.05, 0) is 42.5 Å². The van der Waals surface area contributed by atoms with E-state index in [1.165, 1.54) is 42.6 Å². The van der Waals surface area contributed by atoms with Crippen LogP contribution in [0.4, 0.5) is 20.3 Å². The standard InChI is InChI=1S/C20H18F2N4O4S/c1-2-24-31(28,29)26-15-5-3-4-13(10-15)20(27)25-19-9-7-16(12-23-19)30-18-8-6-14(21)11-17(18)22/h3-12,24,26H,2H2,1H3,(H,23,25,27). The minimum absolute atomic E-state index is 0.170. The van der Waals surface area contributed by atoms with E-state index in [0.29, 0.717) is 6.07 Å². The first-order chi connectivity index (χ1) is 14.8. The average molecular weight is 448 g/mol. The molecule has 0 saturated heterocycles. The normalized spacial score (nSPS) is 11.1. The molecule has 1 heterocycles. The predicted molar refractivity (Wildman–Crippen MR) is 111 cm³/mol. The molecule has 8 nitrogen and oxygen atoms in total. The van der Waals surface area contributed by atoms with E-state index in [1.54, 1.807) is 6.92 Å². The van der Waals surface area contributed by atoms with Gasteiger partial charge in [-0.15, -0.1) is 0 Å². The van der Waals surface area contributed by atoms with Crippen LogP contribution in [0.5, 0.6) is 11.5 Å². The van der Waals surface area contributed by atoms with Gasteiger partial charge < -0.3 is 10.1 Å². The molecule has 3 N–H and O–H groups in total. The molecule has 0 unspecified atom stereocenters. The van der Waals surface area contributed by atoms with Crippen molar-refractivity contribution in [1.29, 1.82) is 0 Å². The van der Waals surface area contributed by atoms with Gasteiger partial charge in [-0.3, -0.25) is 9.52 Å². The largest absolute Gasteiger partial charge is 0.453 e. The zero-order valence-electron chi connectivity index (χ0n) is 16.2. The molecule has 0 atom stereocenters. The second-order valence-electron chi connectivity index (χ2n) is 6.19. The Morgan fingerprint density at radius 3 is 2.58 bits per heavy atom. The number of pyridine rings is 1. The van der Waals surface area contributed by atoms with E-state index in [4.69, 9.17) is 4.74 Å². The van der Waals surface area contributed by atoms with E-state index in [-0.39, 0.29) is 35.1 Å². The van der Waals surface area contributed by atoms with Gasteiger partial charge in [0.1, 0.15) is 17.4 Å². The van der Waals surface area contributed by atoms with E-state index in [9.17, 15) is 22.0 Å². The Balaban J connectivity index is 1.66. The summed E-state index contributed by atoms with van der Waals surface area (Å²) in [6, 6.07) is 11.7. The molecule has 0 bridgehead atoms. The van der Waals surface area contributed by atoms with Gasteiger partial charge in [0.05, 0.1) is 11.9 Å². The number of benzene rings is 2. The lowest BCUT2D eigenvalue weighted by molar-refractivity contribution is 0.102. The van der Waals surface area contributed by atoms with E-state index >= 15 is 0 Å². The van der Waals surface area contributed by atoms with Crippen molar-refractivity contribution in [3.8, 4) is 11.5 Å². The molecule has 0 aliphatic heterocycles. The van der Waals surface area contributed by atoms with Crippen molar-refractivity contribution in [2.45, 2.75) is 6.92 Å². The van der Waals surface area contributed by atoms with Gasteiger partial charge in [0.15, 0.2) is 11.6 Å². The van der Waals surface area contributed by atoms with Gasteiger partial charge >= 0.3 is 0 Å². The highest BCUT2D eigenvalue weighted by Gasteiger charge is 2.12. The summed E-state index contributed by atoms with van der Waals surface area (Å²) in [6.45, 7) is 1.86. The summed E-state index contributed by atoms with van der Waals surface area (Å²) in [6.07, 6.45) is 1.26. The molecule has 0 fully saturated rings. The number of amides is 1. The summed E-state index contributed by atoms with van der Waals surface area (Å²) in [7, 11) is -3.73. The second kappa shape index (κ2) is 9.49. The third-order valence-electron chi connectivity index (χ3n) is 3.81. The Hall–Kier alpha value is -3.57. The fraction of sp³-hybridized carbons (Fsp3) is 0.100. The highest BCUT2D eigenvalue weighted by atomic mass is 32.2. The maximum Gasteiger partial charge on any atom is 0.299 e. The third kappa shape index (κ3) is 6.20. The number of nitrogens with one attached hydrogen (secondary N) is 3. The number of hydrogen-bond donors (Lipinski definition) is 3. The van der Waals surface area contributed by atoms with E-state index in [0.717, 1.165) is 12.1 Å². The van der Waals surface area contributed by atoms with E-state index in [1.807, 2.05) is 0 Å². The lowest BCUT2D eigenvalue weighted by Crippen LogP contribution is -2.29. The summed E-state index contributed by atoms with van der Waals surface area (Å²) < 4.78 is 60.1. The zero-order valence-corrected chi connectivity index (χ0v) is 17.0. The lowest BCUT2D eigenvalue weighted by atomic mass is 10.2. The van der Waals surface area contributed by atoms with Gasteiger partial charge in [0.25, 0.3) is 16.1 Å².